The molecule has 0 saturated heterocycles. The van der Waals surface area contributed by atoms with Gasteiger partial charge >= 0.3 is 0 Å². The molecule has 0 rings (SSSR count). The molecular weight excluding hydrogens is 262 g/mol. The second-order valence-electron chi connectivity index (χ2n) is 5.99. The molecule has 0 unspecified atom stereocenters. The van der Waals surface area contributed by atoms with E-state index in [0.717, 1.165) is 12.2 Å². The third-order valence-electron chi connectivity index (χ3n) is 1.72. The van der Waals surface area contributed by atoms with Crippen LogP contribution in [-0.4, -0.2) is 25.2 Å². The van der Waals surface area contributed by atoms with Crippen LogP contribution >= 0.6 is 0 Å². The summed E-state index contributed by atoms with van der Waals surface area (Å²) in [6.45, 7) is 23.5. The van der Waals surface area contributed by atoms with Crippen LogP contribution in [0.15, 0.2) is 24.3 Å². The minimum atomic E-state index is -0.0644. The molecule has 3 nitrogen and oxygen atoms in total. The van der Waals surface area contributed by atoms with Gasteiger partial charge < -0.3 is 10.1 Å². The van der Waals surface area contributed by atoms with Crippen molar-refractivity contribution in [1.82, 2.24) is 5.32 Å². The van der Waals surface area contributed by atoms with E-state index < -0.39 is 0 Å². The van der Waals surface area contributed by atoms with Gasteiger partial charge in [0, 0.05) is 12.6 Å². The van der Waals surface area contributed by atoms with Gasteiger partial charge in [-0.3, -0.25) is 4.79 Å². The van der Waals surface area contributed by atoms with Gasteiger partial charge in [0.25, 0.3) is 0 Å². The number of ether oxygens (including phenoxy) is 1. The van der Waals surface area contributed by atoms with Crippen molar-refractivity contribution < 1.29 is 9.53 Å². The highest BCUT2D eigenvalue weighted by Crippen LogP contribution is 2.13. The van der Waals surface area contributed by atoms with Crippen molar-refractivity contribution in [3.8, 4) is 0 Å². The molecular formula is C18H37NO2. The number of carbonyl (C=O) groups is 1. The Morgan fingerprint density at radius 1 is 1.24 bits per heavy atom. The number of hydrogen-bond acceptors (Lipinski definition) is 2. The van der Waals surface area contributed by atoms with Gasteiger partial charge in [-0.25, -0.2) is 0 Å². The minimum Gasteiger partial charge on any atom is -0.378 e. The maximum Gasteiger partial charge on any atom is 0.243 e. The van der Waals surface area contributed by atoms with E-state index in [1.165, 1.54) is 6.08 Å². The zero-order chi connectivity index (χ0) is 17.5. The molecule has 0 aliphatic heterocycles. The molecule has 0 heterocycles. The number of amides is 1. The average molecular weight is 299 g/mol. The third kappa shape index (κ3) is 32.4. The second kappa shape index (κ2) is 15.3. The van der Waals surface area contributed by atoms with Crippen molar-refractivity contribution in [2.75, 3.05) is 13.2 Å². The maximum atomic E-state index is 10.7. The summed E-state index contributed by atoms with van der Waals surface area (Å²) in [5.74, 6) is -0.0644. The van der Waals surface area contributed by atoms with Gasteiger partial charge in [-0.2, -0.15) is 0 Å². The Bertz CT molecular complexity index is 286. The number of hydrogen-bond donors (Lipinski definition) is 1. The molecule has 3 heteroatoms. The van der Waals surface area contributed by atoms with Gasteiger partial charge in [0.1, 0.15) is 0 Å². The summed E-state index contributed by atoms with van der Waals surface area (Å²) in [7, 11) is 0. The predicted molar refractivity (Wildman–Crippen MR) is 94.5 cm³/mol. The summed E-state index contributed by atoms with van der Waals surface area (Å²) in [5, 5.41) is 2.63. The molecule has 0 bridgehead atoms. The van der Waals surface area contributed by atoms with E-state index >= 15 is 0 Å². The van der Waals surface area contributed by atoms with E-state index in [1.54, 1.807) is 6.08 Å². The highest BCUT2D eigenvalue weighted by Gasteiger charge is 2.10. The standard InChI is InChI=1S/C8H13NO.C8H18O.C2H6/c1-4-9-8(10)6-5-7(2)3;1-7(2)9-6-8(3,4)5;1-2/h5-6H,2,4H2,1,3H3,(H,9,10);7H,6H2,1-5H3;1-2H3/b6-5+;;. The van der Waals surface area contributed by atoms with Crippen LogP contribution in [0.25, 0.3) is 0 Å². The minimum absolute atomic E-state index is 0.0644. The van der Waals surface area contributed by atoms with E-state index in [0.29, 0.717) is 18.1 Å². The first-order valence-corrected chi connectivity index (χ1v) is 7.81. The Balaban J connectivity index is -0.000000277. The number of carbonyl (C=O) groups excluding carboxylic acids is 1. The first-order valence-electron chi connectivity index (χ1n) is 7.81. The van der Waals surface area contributed by atoms with E-state index in [4.69, 9.17) is 4.74 Å². The van der Waals surface area contributed by atoms with Gasteiger partial charge in [0.2, 0.25) is 5.91 Å². The predicted octanol–water partition coefficient (Wildman–Crippen LogP) is 4.74. The molecule has 1 amide bonds. The fourth-order valence-electron chi connectivity index (χ4n) is 0.868. The number of nitrogens with one attached hydrogen (secondary N) is 1. The molecule has 0 spiro atoms. The van der Waals surface area contributed by atoms with Gasteiger partial charge in [0.15, 0.2) is 0 Å². The zero-order valence-electron chi connectivity index (χ0n) is 15.7. The molecule has 0 aliphatic rings. The van der Waals surface area contributed by atoms with Crippen LogP contribution < -0.4 is 5.32 Å². The molecule has 0 radical (unpaired) electrons. The second-order valence-corrected chi connectivity index (χ2v) is 5.99. The molecule has 0 saturated carbocycles. The molecule has 1 N–H and O–H groups in total. The van der Waals surface area contributed by atoms with Crippen molar-refractivity contribution in [1.29, 1.82) is 0 Å². The fourth-order valence-corrected chi connectivity index (χ4v) is 0.868. The molecule has 21 heavy (non-hydrogen) atoms. The normalized spacial score (nSPS) is 10.4. The SMILES string of the molecule is C=C(C)/C=C/C(=O)NCC.CC.CC(C)OCC(C)(C)C. The van der Waals surface area contributed by atoms with Gasteiger partial charge in [-0.15, -0.1) is 0 Å². The van der Waals surface area contributed by atoms with E-state index in [9.17, 15) is 4.79 Å². The summed E-state index contributed by atoms with van der Waals surface area (Å²) in [6, 6.07) is 0. The van der Waals surface area contributed by atoms with E-state index in [2.05, 4.69) is 46.5 Å². The summed E-state index contributed by atoms with van der Waals surface area (Å²) >= 11 is 0. The lowest BCUT2D eigenvalue weighted by Gasteiger charge is -2.19. The highest BCUT2D eigenvalue weighted by atomic mass is 16.5. The maximum absolute atomic E-state index is 10.7. The largest absolute Gasteiger partial charge is 0.378 e. The quantitative estimate of drug-likeness (QED) is 0.588. The number of rotatable bonds is 5. The van der Waals surface area contributed by atoms with Crippen molar-refractivity contribution in [2.24, 2.45) is 5.41 Å². The zero-order valence-corrected chi connectivity index (χ0v) is 15.7. The molecule has 126 valence electrons. The van der Waals surface area contributed by atoms with Crippen LogP contribution in [0.1, 0.15) is 62.3 Å². The smallest absolute Gasteiger partial charge is 0.243 e. The molecule has 0 fully saturated rings. The Morgan fingerprint density at radius 3 is 1.95 bits per heavy atom. The van der Waals surface area contributed by atoms with Gasteiger partial charge in [-0.1, -0.05) is 52.8 Å². The van der Waals surface area contributed by atoms with Gasteiger partial charge in [0.05, 0.1) is 12.7 Å². The lowest BCUT2D eigenvalue weighted by atomic mass is 9.99. The van der Waals surface area contributed by atoms with Crippen molar-refractivity contribution in [3.05, 3.63) is 24.3 Å². The lowest BCUT2D eigenvalue weighted by molar-refractivity contribution is -0.116. The summed E-state index contributed by atoms with van der Waals surface area (Å²) < 4.78 is 5.41. The number of allylic oxidation sites excluding steroid dienone is 2. The third-order valence-corrected chi connectivity index (χ3v) is 1.72. The van der Waals surface area contributed by atoms with E-state index in [1.807, 2.05) is 27.7 Å². The fraction of sp³-hybridized carbons (Fsp3) is 0.722. The van der Waals surface area contributed by atoms with Crippen molar-refractivity contribution in [3.63, 3.8) is 0 Å². The highest BCUT2D eigenvalue weighted by molar-refractivity contribution is 5.87. The Labute approximate surface area is 132 Å². The van der Waals surface area contributed by atoms with Crippen LogP contribution in [0.3, 0.4) is 0 Å². The van der Waals surface area contributed by atoms with Crippen LogP contribution in [0.4, 0.5) is 0 Å². The van der Waals surface area contributed by atoms with Crippen LogP contribution in [0, 0.1) is 5.41 Å². The summed E-state index contributed by atoms with van der Waals surface area (Å²) in [6.07, 6.45) is 3.53. The van der Waals surface area contributed by atoms with E-state index in [-0.39, 0.29) is 5.91 Å². The van der Waals surface area contributed by atoms with Crippen LogP contribution in [0.2, 0.25) is 0 Å². The molecule has 0 aromatic heterocycles. The Hall–Kier alpha value is -1.09. The average Bonchev–Trinajstić information content (AvgIpc) is 2.37. The Kier molecular flexibility index (Phi) is 18.1. The molecule has 0 aliphatic carbocycles. The van der Waals surface area contributed by atoms with Crippen LogP contribution in [-0.2, 0) is 9.53 Å². The first kappa shape index (κ1) is 24.9. The Morgan fingerprint density at radius 2 is 1.71 bits per heavy atom. The van der Waals surface area contributed by atoms with Crippen molar-refractivity contribution in [2.45, 2.75) is 68.4 Å². The number of likely N-dealkylation sites (N-methyl/N-ethyl adjacent to an activating group) is 1. The monoisotopic (exact) mass is 299 g/mol. The molecule has 0 aromatic carbocycles. The topological polar surface area (TPSA) is 38.3 Å². The summed E-state index contributed by atoms with van der Waals surface area (Å²) in [5.41, 5.74) is 1.19. The van der Waals surface area contributed by atoms with Crippen molar-refractivity contribution >= 4 is 5.91 Å². The molecule has 0 aromatic rings. The first-order chi connectivity index (χ1) is 9.58. The summed E-state index contributed by atoms with van der Waals surface area (Å²) in [4.78, 5) is 10.7. The van der Waals surface area contributed by atoms with Gasteiger partial charge in [-0.05, 0) is 33.1 Å². The molecule has 0 atom stereocenters. The lowest BCUT2D eigenvalue weighted by Crippen LogP contribution is -2.19. The van der Waals surface area contributed by atoms with Crippen LogP contribution in [0.5, 0.6) is 0 Å².